The van der Waals surface area contributed by atoms with Gasteiger partial charge >= 0.3 is 5.97 Å². The largest absolute Gasteiger partial charge is 0.480 e. The molecule has 0 radical (unpaired) electrons. The van der Waals surface area contributed by atoms with E-state index in [1.165, 1.54) is 12.1 Å². The maximum Gasteiger partial charge on any atom is 0.326 e. The Morgan fingerprint density at radius 1 is 1.08 bits per heavy atom. The molecule has 11 heteroatoms. The van der Waals surface area contributed by atoms with E-state index in [9.17, 15) is 23.1 Å². The van der Waals surface area contributed by atoms with Crippen molar-refractivity contribution in [1.29, 1.82) is 0 Å². The molecule has 0 bridgehead atoms. The standard InChI is InChI=1S/C28H31N5O5S.H2/c1-18-15-28(2,3)33(16-18)25-21(10-7-13-29-25)26(34)31-39(37,38)24-12-6-11-23(30-24)32-17-20-9-5-4-8-19(20)14-22(32)27(35)36;/h4-13,18,22H,14-17H2,1-3H3,(H,31,34)(H,35,36);1H/t18?,22-;/m0./s1. The molecular weight excluding hydrogens is 518 g/mol. The van der Waals surface area contributed by atoms with Crippen LogP contribution >= 0.6 is 0 Å². The van der Waals surface area contributed by atoms with Crippen LogP contribution in [0.2, 0.25) is 0 Å². The van der Waals surface area contributed by atoms with Gasteiger partial charge in [-0.3, -0.25) is 4.79 Å². The first kappa shape index (κ1) is 26.6. The number of aromatic nitrogens is 2. The minimum absolute atomic E-state index is 0. The van der Waals surface area contributed by atoms with E-state index in [-0.39, 0.29) is 36.3 Å². The topological polar surface area (TPSA) is 133 Å². The maximum atomic E-state index is 13.3. The molecule has 1 unspecified atom stereocenters. The zero-order valence-corrected chi connectivity index (χ0v) is 22.9. The molecule has 2 atom stereocenters. The smallest absolute Gasteiger partial charge is 0.326 e. The van der Waals surface area contributed by atoms with Gasteiger partial charge in [-0.15, -0.1) is 0 Å². The lowest BCUT2D eigenvalue weighted by molar-refractivity contribution is -0.138. The van der Waals surface area contributed by atoms with E-state index in [0.29, 0.717) is 18.3 Å². The van der Waals surface area contributed by atoms with Crippen LogP contribution in [0.3, 0.4) is 0 Å². The average Bonchev–Trinajstić information content (AvgIpc) is 3.19. The number of pyridine rings is 2. The molecule has 1 fully saturated rings. The number of carbonyl (C=O) groups excluding carboxylic acids is 1. The van der Waals surface area contributed by atoms with Gasteiger partial charge in [0.1, 0.15) is 17.7 Å². The number of carbonyl (C=O) groups is 2. The summed E-state index contributed by atoms with van der Waals surface area (Å²) < 4.78 is 28.8. The molecule has 0 spiro atoms. The monoisotopic (exact) mass is 551 g/mol. The molecule has 10 nitrogen and oxygen atoms in total. The normalized spacial score (nSPS) is 20.4. The molecule has 2 N–H and O–H groups in total. The van der Waals surface area contributed by atoms with E-state index in [1.807, 2.05) is 29.2 Å². The van der Waals surface area contributed by atoms with Gasteiger partial charge in [-0.25, -0.2) is 19.5 Å². The number of nitrogens with one attached hydrogen (secondary N) is 1. The molecular formula is C28H33N5O5S. The first-order chi connectivity index (χ1) is 18.5. The van der Waals surface area contributed by atoms with Crippen molar-refractivity contribution in [2.45, 2.75) is 56.8 Å². The van der Waals surface area contributed by atoms with Crippen LogP contribution in [0.15, 0.2) is 65.8 Å². The number of hydrogen-bond acceptors (Lipinski definition) is 8. The fourth-order valence-electron chi connectivity index (χ4n) is 5.68. The maximum absolute atomic E-state index is 13.3. The Morgan fingerprint density at radius 3 is 2.51 bits per heavy atom. The number of rotatable bonds is 6. The van der Waals surface area contributed by atoms with Crippen molar-refractivity contribution >= 4 is 33.5 Å². The minimum atomic E-state index is -4.38. The summed E-state index contributed by atoms with van der Waals surface area (Å²) in [7, 11) is -4.38. The molecule has 1 aromatic carbocycles. The molecule has 1 amide bonds. The van der Waals surface area contributed by atoms with Crippen LogP contribution in [-0.2, 0) is 27.8 Å². The van der Waals surface area contributed by atoms with Crippen molar-refractivity contribution < 1.29 is 24.5 Å². The quantitative estimate of drug-likeness (QED) is 0.472. The summed E-state index contributed by atoms with van der Waals surface area (Å²) in [4.78, 5) is 37.7. The zero-order valence-electron chi connectivity index (χ0n) is 22.0. The summed E-state index contributed by atoms with van der Waals surface area (Å²) >= 11 is 0. The summed E-state index contributed by atoms with van der Waals surface area (Å²) in [5.41, 5.74) is 1.78. The van der Waals surface area contributed by atoms with Crippen LogP contribution < -0.4 is 14.5 Å². The van der Waals surface area contributed by atoms with E-state index in [1.54, 1.807) is 29.3 Å². The van der Waals surface area contributed by atoms with Crippen LogP contribution in [0.4, 0.5) is 11.6 Å². The lowest BCUT2D eigenvalue weighted by Crippen LogP contribution is -2.46. The summed E-state index contributed by atoms with van der Waals surface area (Å²) in [6, 6.07) is 14.1. The van der Waals surface area contributed by atoms with Gasteiger partial charge in [-0.2, -0.15) is 8.42 Å². The lowest BCUT2D eigenvalue weighted by Gasteiger charge is -2.35. The van der Waals surface area contributed by atoms with Crippen LogP contribution in [0.1, 0.15) is 50.1 Å². The number of benzene rings is 1. The van der Waals surface area contributed by atoms with Gasteiger partial charge in [0.25, 0.3) is 15.9 Å². The van der Waals surface area contributed by atoms with Gasteiger partial charge < -0.3 is 14.9 Å². The molecule has 206 valence electrons. The number of aliphatic carboxylic acids is 1. The molecule has 1 saturated heterocycles. The second-order valence-electron chi connectivity index (χ2n) is 10.8. The number of carboxylic acid groups (broad SMARTS) is 1. The van der Waals surface area contributed by atoms with Gasteiger partial charge in [0, 0.05) is 32.7 Å². The SMILES string of the molecule is CC1CN(c2ncccc2C(=O)NS(=O)(=O)c2cccc(N3Cc4ccccc4C[C@H]3C(=O)O)n2)C(C)(C)C1.[HH]. The molecule has 2 aliphatic heterocycles. The van der Waals surface area contributed by atoms with Gasteiger partial charge in [-0.05, 0) is 61.6 Å². The molecule has 4 heterocycles. The fraction of sp³-hybridized carbons (Fsp3) is 0.357. The number of hydrogen-bond donors (Lipinski definition) is 2. The predicted molar refractivity (Wildman–Crippen MR) is 148 cm³/mol. The van der Waals surface area contributed by atoms with Crippen LogP contribution in [-0.4, -0.2) is 53.5 Å². The summed E-state index contributed by atoms with van der Waals surface area (Å²) in [5, 5.41) is 9.51. The molecule has 3 aromatic rings. The van der Waals surface area contributed by atoms with E-state index in [2.05, 4.69) is 35.5 Å². The Kier molecular flexibility index (Phi) is 6.79. The number of sulfonamides is 1. The number of anilines is 2. The van der Waals surface area contributed by atoms with Crippen LogP contribution in [0.25, 0.3) is 0 Å². The Bertz CT molecular complexity index is 1550. The summed E-state index contributed by atoms with van der Waals surface area (Å²) in [6.07, 6.45) is 2.76. The first-order valence-corrected chi connectivity index (χ1v) is 14.3. The van der Waals surface area contributed by atoms with Crippen molar-refractivity contribution in [2.24, 2.45) is 5.92 Å². The number of fused-ring (bicyclic) bond motifs is 1. The third kappa shape index (κ3) is 5.18. The molecule has 0 aliphatic carbocycles. The van der Waals surface area contributed by atoms with E-state index < -0.39 is 27.9 Å². The second kappa shape index (κ2) is 9.96. The molecule has 2 aliphatic rings. The Balaban J connectivity index is 0.00000370. The van der Waals surface area contributed by atoms with E-state index in [4.69, 9.17) is 0 Å². The van der Waals surface area contributed by atoms with Gasteiger partial charge in [-0.1, -0.05) is 37.3 Å². The molecule has 2 aromatic heterocycles. The highest BCUT2D eigenvalue weighted by molar-refractivity contribution is 7.90. The summed E-state index contributed by atoms with van der Waals surface area (Å²) in [5.74, 6) is -0.822. The van der Waals surface area contributed by atoms with Crippen LogP contribution in [0, 0.1) is 5.92 Å². The van der Waals surface area contributed by atoms with Crippen molar-refractivity contribution in [3.63, 3.8) is 0 Å². The number of amides is 1. The Labute approximate surface area is 229 Å². The van der Waals surface area contributed by atoms with Gasteiger partial charge in [0.2, 0.25) is 0 Å². The fourth-order valence-corrected chi connectivity index (χ4v) is 6.61. The lowest BCUT2D eigenvalue weighted by atomic mass is 9.94. The molecule has 5 rings (SSSR count). The number of nitrogens with zero attached hydrogens (tertiary/aromatic N) is 4. The zero-order chi connectivity index (χ0) is 27.9. The first-order valence-electron chi connectivity index (χ1n) is 12.8. The van der Waals surface area contributed by atoms with E-state index >= 15 is 0 Å². The average molecular weight is 552 g/mol. The van der Waals surface area contributed by atoms with Crippen molar-refractivity contribution in [2.75, 3.05) is 16.3 Å². The van der Waals surface area contributed by atoms with Gasteiger partial charge in [0.05, 0.1) is 5.56 Å². The second-order valence-corrected chi connectivity index (χ2v) is 12.5. The van der Waals surface area contributed by atoms with Crippen molar-refractivity contribution in [3.05, 3.63) is 77.5 Å². The highest BCUT2D eigenvalue weighted by Crippen LogP contribution is 2.37. The van der Waals surface area contributed by atoms with E-state index in [0.717, 1.165) is 17.5 Å². The minimum Gasteiger partial charge on any atom is -0.480 e. The van der Waals surface area contributed by atoms with Gasteiger partial charge in [0.15, 0.2) is 5.03 Å². The third-order valence-electron chi connectivity index (χ3n) is 7.40. The van der Waals surface area contributed by atoms with Crippen molar-refractivity contribution in [3.8, 4) is 0 Å². The molecule has 0 saturated carbocycles. The number of carboxylic acids is 1. The highest BCUT2D eigenvalue weighted by Gasteiger charge is 2.39. The predicted octanol–water partition coefficient (Wildman–Crippen LogP) is 3.48. The highest BCUT2D eigenvalue weighted by atomic mass is 32.2. The van der Waals surface area contributed by atoms with Crippen molar-refractivity contribution in [1.82, 2.24) is 14.7 Å². The third-order valence-corrected chi connectivity index (χ3v) is 8.63. The summed E-state index contributed by atoms with van der Waals surface area (Å²) in [6.45, 7) is 7.23. The van der Waals surface area contributed by atoms with Crippen LogP contribution in [0.5, 0.6) is 0 Å². The Hall–Kier alpha value is -3.99. The Morgan fingerprint density at radius 2 is 1.82 bits per heavy atom. The molecule has 39 heavy (non-hydrogen) atoms.